The van der Waals surface area contributed by atoms with Crippen molar-refractivity contribution < 1.29 is 14.3 Å². The maximum atomic E-state index is 12.2. The molecule has 0 saturated carbocycles. The van der Waals surface area contributed by atoms with E-state index in [0.717, 1.165) is 25.8 Å². The summed E-state index contributed by atoms with van der Waals surface area (Å²) in [6.07, 6.45) is 2.50. The number of likely N-dealkylation sites (tertiary alicyclic amines) is 1. The number of nitrogens with one attached hydrogen (secondary N) is 1. The Bertz CT molecular complexity index is 379. The van der Waals surface area contributed by atoms with Gasteiger partial charge in [0.05, 0.1) is 6.04 Å². The summed E-state index contributed by atoms with van der Waals surface area (Å²) in [7, 11) is 0. The third kappa shape index (κ3) is 5.91. The zero-order valence-electron chi connectivity index (χ0n) is 13.8. The average Bonchev–Trinajstić information content (AvgIpc) is 2.74. The van der Waals surface area contributed by atoms with Crippen molar-refractivity contribution in [1.82, 2.24) is 10.2 Å². The molecule has 1 heterocycles. The molecule has 1 fully saturated rings. The summed E-state index contributed by atoms with van der Waals surface area (Å²) in [6.45, 7) is 10.1. The SMILES string of the molecule is CC(CC1CCCN1C(=O)OC(C)(C)C)NC(C)C(N)=O. The van der Waals surface area contributed by atoms with Crippen LogP contribution in [0.1, 0.15) is 53.9 Å². The lowest BCUT2D eigenvalue weighted by Crippen LogP contribution is -2.47. The van der Waals surface area contributed by atoms with Crippen LogP contribution in [0.5, 0.6) is 0 Å². The summed E-state index contributed by atoms with van der Waals surface area (Å²) in [5, 5.41) is 3.16. The van der Waals surface area contributed by atoms with E-state index in [-0.39, 0.29) is 30.1 Å². The normalized spacial score (nSPS) is 22.0. The van der Waals surface area contributed by atoms with Gasteiger partial charge in [0.1, 0.15) is 5.60 Å². The molecule has 1 rings (SSSR count). The third-order valence-corrected chi connectivity index (χ3v) is 3.59. The summed E-state index contributed by atoms with van der Waals surface area (Å²) in [5.74, 6) is -0.364. The molecule has 1 aliphatic heterocycles. The molecule has 2 amide bonds. The highest BCUT2D eigenvalue weighted by molar-refractivity contribution is 5.79. The van der Waals surface area contributed by atoms with Crippen molar-refractivity contribution in [3.8, 4) is 0 Å². The monoisotopic (exact) mass is 299 g/mol. The van der Waals surface area contributed by atoms with Gasteiger partial charge in [0.25, 0.3) is 0 Å². The van der Waals surface area contributed by atoms with Gasteiger partial charge in [0, 0.05) is 18.6 Å². The van der Waals surface area contributed by atoms with E-state index >= 15 is 0 Å². The molecule has 3 unspecified atom stereocenters. The molecule has 1 saturated heterocycles. The maximum Gasteiger partial charge on any atom is 0.410 e. The van der Waals surface area contributed by atoms with Crippen LogP contribution in [-0.4, -0.2) is 47.2 Å². The Morgan fingerprint density at radius 3 is 2.52 bits per heavy atom. The van der Waals surface area contributed by atoms with Crippen molar-refractivity contribution in [3.05, 3.63) is 0 Å². The first kappa shape index (κ1) is 17.8. The van der Waals surface area contributed by atoms with E-state index in [0.29, 0.717) is 0 Å². The van der Waals surface area contributed by atoms with E-state index in [2.05, 4.69) is 5.32 Å². The molecule has 3 N–H and O–H groups in total. The van der Waals surface area contributed by atoms with E-state index in [1.165, 1.54) is 0 Å². The molecule has 0 aromatic rings. The Morgan fingerprint density at radius 1 is 1.38 bits per heavy atom. The predicted octanol–water partition coefficient (Wildman–Crippen LogP) is 1.63. The van der Waals surface area contributed by atoms with Crippen LogP contribution in [0.3, 0.4) is 0 Å². The van der Waals surface area contributed by atoms with Gasteiger partial charge in [-0.3, -0.25) is 4.79 Å². The maximum absolute atomic E-state index is 12.2. The van der Waals surface area contributed by atoms with Crippen molar-refractivity contribution in [3.63, 3.8) is 0 Å². The number of carbonyl (C=O) groups is 2. The molecule has 0 aromatic heterocycles. The Labute approximate surface area is 127 Å². The van der Waals surface area contributed by atoms with Crippen molar-refractivity contribution in [2.24, 2.45) is 5.73 Å². The second-order valence-electron chi connectivity index (χ2n) is 6.90. The molecule has 0 bridgehead atoms. The molecule has 0 spiro atoms. The van der Waals surface area contributed by atoms with Crippen molar-refractivity contribution in [1.29, 1.82) is 0 Å². The number of amides is 2. The summed E-state index contributed by atoms with van der Waals surface area (Å²) >= 11 is 0. The molecule has 1 aliphatic rings. The van der Waals surface area contributed by atoms with Gasteiger partial charge in [-0.15, -0.1) is 0 Å². The fraction of sp³-hybridized carbons (Fsp3) is 0.867. The lowest BCUT2D eigenvalue weighted by molar-refractivity contribution is -0.119. The molecular formula is C15H29N3O3. The smallest absolute Gasteiger partial charge is 0.410 e. The first-order valence-corrected chi connectivity index (χ1v) is 7.65. The van der Waals surface area contributed by atoms with Gasteiger partial charge in [-0.25, -0.2) is 4.79 Å². The average molecular weight is 299 g/mol. The van der Waals surface area contributed by atoms with Gasteiger partial charge >= 0.3 is 6.09 Å². The molecule has 0 aromatic carbocycles. The van der Waals surface area contributed by atoms with Crippen LogP contribution in [0.2, 0.25) is 0 Å². The standard InChI is InChI=1S/C15H29N3O3/c1-10(17-11(2)13(16)19)9-12-7-6-8-18(12)14(20)21-15(3,4)5/h10-12,17H,6-9H2,1-5H3,(H2,16,19). The van der Waals surface area contributed by atoms with Crippen LogP contribution in [0.15, 0.2) is 0 Å². The highest BCUT2D eigenvalue weighted by Crippen LogP contribution is 2.24. The van der Waals surface area contributed by atoms with Crippen LogP contribution < -0.4 is 11.1 Å². The minimum atomic E-state index is -0.478. The number of ether oxygens (including phenoxy) is 1. The summed E-state index contributed by atoms with van der Waals surface area (Å²) < 4.78 is 5.45. The van der Waals surface area contributed by atoms with Gasteiger partial charge < -0.3 is 20.7 Å². The Morgan fingerprint density at radius 2 is 2.00 bits per heavy atom. The summed E-state index contributed by atoms with van der Waals surface area (Å²) in [4.78, 5) is 25.1. The second kappa shape index (κ2) is 7.11. The lowest BCUT2D eigenvalue weighted by atomic mass is 10.1. The first-order chi connectivity index (χ1) is 9.60. The van der Waals surface area contributed by atoms with Gasteiger partial charge in [-0.1, -0.05) is 0 Å². The molecule has 122 valence electrons. The third-order valence-electron chi connectivity index (χ3n) is 3.59. The number of carbonyl (C=O) groups excluding carboxylic acids is 2. The van der Waals surface area contributed by atoms with Crippen molar-refractivity contribution in [2.45, 2.75) is 77.6 Å². The molecule has 21 heavy (non-hydrogen) atoms. The van der Waals surface area contributed by atoms with Crippen molar-refractivity contribution >= 4 is 12.0 Å². The Hall–Kier alpha value is -1.30. The van der Waals surface area contributed by atoms with Gasteiger partial charge in [0.2, 0.25) is 5.91 Å². The van der Waals surface area contributed by atoms with E-state index in [1.807, 2.05) is 27.7 Å². The van der Waals surface area contributed by atoms with Crippen LogP contribution in [0, 0.1) is 0 Å². The molecule has 6 nitrogen and oxygen atoms in total. The van der Waals surface area contributed by atoms with Crippen LogP contribution in [-0.2, 0) is 9.53 Å². The predicted molar refractivity (Wildman–Crippen MR) is 81.8 cm³/mol. The largest absolute Gasteiger partial charge is 0.444 e. The first-order valence-electron chi connectivity index (χ1n) is 7.65. The molecule has 6 heteroatoms. The van der Waals surface area contributed by atoms with Gasteiger partial charge in [-0.2, -0.15) is 0 Å². The quantitative estimate of drug-likeness (QED) is 0.808. The van der Waals surface area contributed by atoms with E-state index in [4.69, 9.17) is 10.5 Å². The van der Waals surface area contributed by atoms with Gasteiger partial charge in [-0.05, 0) is 53.9 Å². The minimum absolute atomic E-state index is 0.112. The van der Waals surface area contributed by atoms with E-state index in [9.17, 15) is 9.59 Å². The molecule has 0 aliphatic carbocycles. The zero-order valence-corrected chi connectivity index (χ0v) is 13.8. The summed E-state index contributed by atoms with van der Waals surface area (Å²) in [6, 6.07) is -0.0978. The number of rotatable bonds is 5. The fourth-order valence-electron chi connectivity index (χ4n) is 2.63. The fourth-order valence-corrected chi connectivity index (χ4v) is 2.63. The number of primary amides is 1. The highest BCUT2D eigenvalue weighted by Gasteiger charge is 2.33. The van der Waals surface area contributed by atoms with Crippen LogP contribution >= 0.6 is 0 Å². The van der Waals surface area contributed by atoms with Crippen LogP contribution in [0.25, 0.3) is 0 Å². The van der Waals surface area contributed by atoms with E-state index in [1.54, 1.807) is 11.8 Å². The topological polar surface area (TPSA) is 84.7 Å². The van der Waals surface area contributed by atoms with E-state index < -0.39 is 5.60 Å². The number of hydrogen-bond acceptors (Lipinski definition) is 4. The number of hydrogen-bond donors (Lipinski definition) is 2. The Kier molecular flexibility index (Phi) is 6.01. The second-order valence-corrected chi connectivity index (χ2v) is 6.90. The summed E-state index contributed by atoms with van der Waals surface area (Å²) in [5.41, 5.74) is 4.77. The molecular weight excluding hydrogens is 270 g/mol. The Balaban J connectivity index is 2.53. The number of nitrogens with zero attached hydrogens (tertiary/aromatic N) is 1. The zero-order chi connectivity index (χ0) is 16.2. The number of nitrogens with two attached hydrogens (primary N) is 1. The minimum Gasteiger partial charge on any atom is -0.444 e. The lowest BCUT2D eigenvalue weighted by Gasteiger charge is -2.30. The van der Waals surface area contributed by atoms with Crippen molar-refractivity contribution in [2.75, 3.05) is 6.54 Å². The van der Waals surface area contributed by atoms with Crippen LogP contribution in [0.4, 0.5) is 4.79 Å². The highest BCUT2D eigenvalue weighted by atomic mass is 16.6. The molecule has 0 radical (unpaired) electrons. The van der Waals surface area contributed by atoms with Gasteiger partial charge in [0.15, 0.2) is 0 Å². The molecule has 3 atom stereocenters.